The van der Waals surface area contributed by atoms with Gasteiger partial charge in [0.1, 0.15) is 6.04 Å². The van der Waals surface area contributed by atoms with Crippen molar-refractivity contribution >= 4 is 11.9 Å². The number of carboxylic acids is 1. The molecule has 18 heavy (non-hydrogen) atoms. The van der Waals surface area contributed by atoms with Crippen molar-refractivity contribution in [3.63, 3.8) is 0 Å². The summed E-state index contributed by atoms with van der Waals surface area (Å²) in [4.78, 5) is 22.9. The fourth-order valence-corrected chi connectivity index (χ4v) is 1.84. The molecule has 0 aliphatic carbocycles. The summed E-state index contributed by atoms with van der Waals surface area (Å²) in [7, 11) is 0. The predicted octanol–water partition coefficient (Wildman–Crippen LogP) is -0.0196. The van der Waals surface area contributed by atoms with Crippen molar-refractivity contribution in [2.24, 2.45) is 5.41 Å². The van der Waals surface area contributed by atoms with E-state index in [1.807, 2.05) is 0 Å². The van der Waals surface area contributed by atoms with E-state index in [4.69, 9.17) is 9.84 Å². The molecule has 2 unspecified atom stereocenters. The minimum atomic E-state index is -1.01. The van der Waals surface area contributed by atoms with Gasteiger partial charge in [-0.3, -0.25) is 4.79 Å². The Balaban J connectivity index is 2.48. The number of hydrogen-bond donors (Lipinski definition) is 3. The number of carbonyl (C=O) groups excluding carboxylic acids is 1. The Morgan fingerprint density at radius 1 is 1.50 bits per heavy atom. The van der Waals surface area contributed by atoms with E-state index in [-0.39, 0.29) is 18.4 Å². The van der Waals surface area contributed by atoms with Gasteiger partial charge in [0, 0.05) is 19.0 Å². The summed E-state index contributed by atoms with van der Waals surface area (Å²) in [5, 5.41) is 14.8. The van der Waals surface area contributed by atoms with Gasteiger partial charge < -0.3 is 20.5 Å². The van der Waals surface area contributed by atoms with E-state index in [1.165, 1.54) is 0 Å². The van der Waals surface area contributed by atoms with Crippen LogP contribution in [0.4, 0.5) is 0 Å². The van der Waals surface area contributed by atoms with E-state index in [0.717, 1.165) is 6.54 Å². The highest BCUT2D eigenvalue weighted by molar-refractivity contribution is 5.84. The quantitative estimate of drug-likeness (QED) is 0.659. The molecular weight excluding hydrogens is 236 g/mol. The van der Waals surface area contributed by atoms with Crippen LogP contribution in [0, 0.1) is 5.41 Å². The average molecular weight is 258 g/mol. The number of nitrogens with one attached hydrogen (secondary N) is 2. The molecule has 2 atom stereocenters. The summed E-state index contributed by atoms with van der Waals surface area (Å²) >= 11 is 0. The number of carboxylic acid groups (broad SMARTS) is 1. The maximum atomic E-state index is 11.8. The van der Waals surface area contributed by atoms with Crippen molar-refractivity contribution in [1.82, 2.24) is 10.6 Å². The molecule has 0 aromatic heterocycles. The number of amides is 1. The number of ether oxygens (including phenoxy) is 1. The number of aliphatic carboxylic acids is 1. The van der Waals surface area contributed by atoms with Crippen molar-refractivity contribution < 1.29 is 19.4 Å². The number of hydrogen-bond acceptors (Lipinski definition) is 4. The van der Waals surface area contributed by atoms with Crippen LogP contribution >= 0.6 is 0 Å². The number of morpholine rings is 1. The van der Waals surface area contributed by atoms with Gasteiger partial charge in [-0.25, -0.2) is 4.79 Å². The lowest BCUT2D eigenvalue weighted by atomic mass is 9.86. The smallest absolute Gasteiger partial charge is 0.326 e. The van der Waals surface area contributed by atoms with Gasteiger partial charge in [0.2, 0.25) is 5.91 Å². The molecule has 104 valence electrons. The first-order valence-electron chi connectivity index (χ1n) is 6.14. The van der Waals surface area contributed by atoms with Crippen LogP contribution in [0.3, 0.4) is 0 Å². The van der Waals surface area contributed by atoms with Gasteiger partial charge >= 0.3 is 5.97 Å². The minimum absolute atomic E-state index is 0.0341. The predicted molar refractivity (Wildman–Crippen MR) is 66.2 cm³/mol. The zero-order valence-electron chi connectivity index (χ0n) is 11.2. The van der Waals surface area contributed by atoms with Crippen molar-refractivity contribution in [3.8, 4) is 0 Å². The topological polar surface area (TPSA) is 87.7 Å². The Bertz CT molecular complexity index is 306. The summed E-state index contributed by atoms with van der Waals surface area (Å²) in [5.41, 5.74) is -0.516. The maximum Gasteiger partial charge on any atom is 0.326 e. The van der Waals surface area contributed by atoms with Gasteiger partial charge in [0.25, 0.3) is 0 Å². The molecule has 1 fully saturated rings. The molecule has 0 saturated carbocycles. The van der Waals surface area contributed by atoms with Crippen LogP contribution in [0.1, 0.15) is 27.2 Å². The second-order valence-electron chi connectivity index (χ2n) is 5.63. The van der Waals surface area contributed by atoms with Gasteiger partial charge in [0.15, 0.2) is 0 Å². The lowest BCUT2D eigenvalue weighted by Gasteiger charge is -2.29. The largest absolute Gasteiger partial charge is 0.480 e. The van der Waals surface area contributed by atoms with E-state index in [0.29, 0.717) is 13.2 Å². The third-order valence-electron chi connectivity index (χ3n) is 2.85. The highest BCUT2D eigenvalue weighted by Crippen LogP contribution is 2.19. The first-order chi connectivity index (χ1) is 8.30. The molecule has 1 amide bonds. The van der Waals surface area contributed by atoms with Crippen molar-refractivity contribution in [2.75, 3.05) is 19.8 Å². The van der Waals surface area contributed by atoms with Crippen LogP contribution in [0.5, 0.6) is 0 Å². The zero-order chi connectivity index (χ0) is 13.8. The van der Waals surface area contributed by atoms with Gasteiger partial charge in [-0.2, -0.15) is 0 Å². The van der Waals surface area contributed by atoms with E-state index < -0.39 is 17.4 Å². The van der Waals surface area contributed by atoms with Gasteiger partial charge in [-0.1, -0.05) is 20.8 Å². The number of carbonyl (C=O) groups is 2. The SMILES string of the molecule is CC(C)(C)C(NC(=O)CC1COCCN1)C(=O)O. The van der Waals surface area contributed by atoms with E-state index >= 15 is 0 Å². The van der Waals surface area contributed by atoms with E-state index in [9.17, 15) is 9.59 Å². The van der Waals surface area contributed by atoms with Crippen LogP contribution < -0.4 is 10.6 Å². The minimum Gasteiger partial charge on any atom is -0.480 e. The summed E-state index contributed by atoms with van der Waals surface area (Å²) in [6, 6.07) is -0.914. The molecule has 1 rings (SSSR count). The lowest BCUT2D eigenvalue weighted by molar-refractivity contribution is -0.145. The fourth-order valence-electron chi connectivity index (χ4n) is 1.84. The molecular formula is C12H22N2O4. The van der Waals surface area contributed by atoms with Crippen LogP contribution in [-0.4, -0.2) is 48.8 Å². The fraction of sp³-hybridized carbons (Fsp3) is 0.833. The van der Waals surface area contributed by atoms with Crippen LogP contribution in [-0.2, 0) is 14.3 Å². The third-order valence-corrected chi connectivity index (χ3v) is 2.85. The standard InChI is InChI=1S/C12H22N2O4/c1-12(2,3)10(11(16)17)14-9(15)6-8-7-18-5-4-13-8/h8,10,13H,4-7H2,1-3H3,(H,14,15)(H,16,17). The zero-order valence-corrected chi connectivity index (χ0v) is 11.2. The van der Waals surface area contributed by atoms with Gasteiger partial charge in [-0.15, -0.1) is 0 Å². The molecule has 0 aromatic rings. The Morgan fingerprint density at radius 3 is 2.61 bits per heavy atom. The van der Waals surface area contributed by atoms with Gasteiger partial charge in [-0.05, 0) is 5.41 Å². The maximum absolute atomic E-state index is 11.8. The second kappa shape index (κ2) is 6.15. The Morgan fingerprint density at radius 2 is 2.17 bits per heavy atom. The molecule has 0 bridgehead atoms. The summed E-state index contributed by atoms with van der Waals surface area (Å²) < 4.78 is 5.24. The third kappa shape index (κ3) is 4.62. The molecule has 0 spiro atoms. The Hall–Kier alpha value is -1.14. The molecule has 1 aliphatic rings. The summed E-state index contributed by atoms with van der Waals surface area (Å²) in [5.74, 6) is -1.27. The lowest BCUT2D eigenvalue weighted by Crippen LogP contribution is -2.51. The first kappa shape index (κ1) is 14.9. The molecule has 1 heterocycles. The Labute approximate surface area is 107 Å². The summed E-state index contributed by atoms with van der Waals surface area (Å²) in [6.45, 7) is 7.22. The van der Waals surface area contributed by atoms with Gasteiger partial charge in [0.05, 0.1) is 13.2 Å². The van der Waals surface area contributed by atoms with E-state index in [1.54, 1.807) is 20.8 Å². The van der Waals surface area contributed by atoms with Crippen LogP contribution in [0.25, 0.3) is 0 Å². The van der Waals surface area contributed by atoms with Crippen molar-refractivity contribution in [1.29, 1.82) is 0 Å². The highest BCUT2D eigenvalue weighted by atomic mass is 16.5. The molecule has 3 N–H and O–H groups in total. The first-order valence-corrected chi connectivity index (χ1v) is 6.14. The molecule has 6 heteroatoms. The van der Waals surface area contributed by atoms with Crippen LogP contribution in [0.15, 0.2) is 0 Å². The molecule has 1 aliphatic heterocycles. The van der Waals surface area contributed by atoms with Crippen molar-refractivity contribution in [2.45, 2.75) is 39.3 Å². The molecule has 0 aromatic carbocycles. The second-order valence-corrected chi connectivity index (χ2v) is 5.63. The van der Waals surface area contributed by atoms with E-state index in [2.05, 4.69) is 10.6 Å². The number of rotatable bonds is 4. The molecule has 6 nitrogen and oxygen atoms in total. The molecule has 0 radical (unpaired) electrons. The molecule has 1 saturated heterocycles. The summed E-state index contributed by atoms with van der Waals surface area (Å²) in [6.07, 6.45) is 0.236. The highest BCUT2D eigenvalue weighted by Gasteiger charge is 2.33. The monoisotopic (exact) mass is 258 g/mol. The van der Waals surface area contributed by atoms with Crippen LogP contribution in [0.2, 0.25) is 0 Å². The van der Waals surface area contributed by atoms with Crippen molar-refractivity contribution in [3.05, 3.63) is 0 Å². The average Bonchev–Trinajstić information content (AvgIpc) is 2.25. The Kier molecular flexibility index (Phi) is 5.10. The normalized spacial score (nSPS) is 22.3.